The van der Waals surface area contributed by atoms with Crippen LogP contribution in [-0.2, 0) is 0 Å². The van der Waals surface area contributed by atoms with Crippen LogP contribution in [0.15, 0.2) is 18.5 Å². The number of nitrogens with zero attached hydrogens (tertiary/aromatic N) is 5. The molecule has 8 nitrogen and oxygen atoms in total. The third-order valence-electron chi connectivity index (χ3n) is 5.13. The number of hydrogen-bond donors (Lipinski definition) is 2. The third kappa shape index (κ3) is 3.81. The highest BCUT2D eigenvalue weighted by Crippen LogP contribution is 2.33. The summed E-state index contributed by atoms with van der Waals surface area (Å²) in [5.41, 5.74) is 2.74. The van der Waals surface area contributed by atoms with Crippen LogP contribution in [0.3, 0.4) is 0 Å². The van der Waals surface area contributed by atoms with Crippen LogP contribution in [0.25, 0.3) is 11.0 Å². The number of nitrogens with one attached hydrogen (secondary N) is 1. The lowest BCUT2D eigenvalue weighted by molar-refractivity contribution is 0.107. The van der Waals surface area contributed by atoms with Gasteiger partial charge in [-0.25, -0.2) is 0 Å². The first-order valence-corrected chi connectivity index (χ1v) is 12.7. The van der Waals surface area contributed by atoms with Crippen molar-refractivity contribution in [2.75, 3.05) is 11.9 Å². The Balaban J connectivity index is 1.63. The van der Waals surface area contributed by atoms with Gasteiger partial charge in [-0.05, 0) is 45.6 Å². The number of fused-ring (bicyclic) bond motifs is 1. The van der Waals surface area contributed by atoms with E-state index in [9.17, 15) is 5.11 Å². The molecule has 3 aromatic rings. The molecule has 1 aliphatic carbocycles. The smallest absolute Gasteiger partial charge is 0.232 e. The van der Waals surface area contributed by atoms with E-state index in [-0.39, 0.29) is 6.10 Å². The van der Waals surface area contributed by atoms with Gasteiger partial charge in [-0.15, -0.1) is 0 Å². The van der Waals surface area contributed by atoms with Gasteiger partial charge in [0.25, 0.3) is 0 Å². The van der Waals surface area contributed by atoms with Crippen molar-refractivity contribution in [2.24, 2.45) is 0 Å². The summed E-state index contributed by atoms with van der Waals surface area (Å²) in [6, 6.07) is 2.30. The lowest BCUT2D eigenvalue weighted by Crippen LogP contribution is -2.22. The van der Waals surface area contributed by atoms with E-state index in [0.29, 0.717) is 24.5 Å². The molecule has 0 aliphatic heterocycles. The molecule has 150 valence electrons. The van der Waals surface area contributed by atoms with Gasteiger partial charge in [-0.2, -0.15) is 15.1 Å². The quantitative estimate of drug-likeness (QED) is 0.472. The fourth-order valence-corrected chi connectivity index (χ4v) is 4.93. The van der Waals surface area contributed by atoms with Gasteiger partial charge in [0, 0.05) is 36.5 Å². The molecule has 1 saturated carbocycles. The van der Waals surface area contributed by atoms with Crippen LogP contribution in [0, 0.1) is 6.92 Å². The summed E-state index contributed by atoms with van der Waals surface area (Å²) < 4.78 is 9.77. The Morgan fingerprint density at radius 2 is 2.11 bits per heavy atom. The normalized spacial score (nSPS) is 19.9. The highest BCUT2D eigenvalue weighted by Gasteiger charge is 2.23. The van der Waals surface area contributed by atoms with Gasteiger partial charge in [0.15, 0.2) is 5.65 Å². The predicted molar refractivity (Wildman–Crippen MR) is 119 cm³/mol. The second kappa shape index (κ2) is 8.46. The minimum absolute atomic E-state index is 0.172. The van der Waals surface area contributed by atoms with Crippen LogP contribution in [0.4, 0.5) is 11.6 Å². The summed E-state index contributed by atoms with van der Waals surface area (Å²) in [6.07, 6.45) is 7.16. The van der Waals surface area contributed by atoms with E-state index in [1.165, 1.54) is 0 Å². The number of ether oxygens (including phenoxy) is 1. The van der Waals surface area contributed by atoms with E-state index >= 15 is 0 Å². The molecular weight excluding hydrogens is 491 g/mol. The first-order chi connectivity index (χ1) is 13.6. The Bertz CT molecular complexity index is 967. The summed E-state index contributed by atoms with van der Waals surface area (Å²) >= 11 is 2.23. The molecule has 3 aromatic heterocycles. The second-order valence-corrected chi connectivity index (χ2v) is 8.62. The molecule has 0 saturated heterocycles. The Morgan fingerprint density at radius 1 is 1.32 bits per heavy atom. The lowest BCUT2D eigenvalue weighted by Gasteiger charge is -2.26. The van der Waals surface area contributed by atoms with Crippen LogP contribution < -0.4 is 10.1 Å². The Labute approximate surface area is 179 Å². The minimum atomic E-state index is -0.172. The first-order valence-electron chi connectivity index (χ1n) is 9.40. The standard InChI is InChI=1S/C18H23IN6O2S/c1-3-27-17-14-8-9-24(28-19)16(14)22-18(23-17)21-15-10-20-25(11(15)2)12-4-6-13(26)7-5-12/h8-10,12-13,26H,3-7H2,1-2H3,(H,21,22,23). The topological polar surface area (TPSA) is 90.0 Å². The molecule has 10 heteroatoms. The molecule has 28 heavy (non-hydrogen) atoms. The maximum atomic E-state index is 9.75. The number of aliphatic hydroxyl groups excluding tert-OH is 1. The molecule has 0 spiro atoms. The summed E-state index contributed by atoms with van der Waals surface area (Å²) in [4.78, 5) is 9.25. The van der Waals surface area contributed by atoms with Crippen molar-refractivity contribution in [1.82, 2.24) is 23.7 Å². The number of halogens is 1. The van der Waals surface area contributed by atoms with Gasteiger partial charge in [0.05, 0.1) is 41.7 Å². The van der Waals surface area contributed by atoms with E-state index in [0.717, 1.165) is 48.1 Å². The number of rotatable bonds is 6. The van der Waals surface area contributed by atoms with Crippen LogP contribution in [0.5, 0.6) is 5.88 Å². The fraction of sp³-hybridized carbons (Fsp3) is 0.500. The van der Waals surface area contributed by atoms with Crippen LogP contribution >= 0.6 is 30.3 Å². The van der Waals surface area contributed by atoms with E-state index < -0.39 is 0 Å². The van der Waals surface area contributed by atoms with Gasteiger partial charge in [0.1, 0.15) is 0 Å². The number of hydrogen-bond acceptors (Lipinski definition) is 7. The van der Waals surface area contributed by atoms with Crippen molar-refractivity contribution in [3.8, 4) is 5.88 Å². The maximum Gasteiger partial charge on any atom is 0.232 e. The van der Waals surface area contributed by atoms with E-state index in [2.05, 4.69) is 46.3 Å². The molecule has 0 amide bonds. The summed E-state index contributed by atoms with van der Waals surface area (Å²) in [6.45, 7) is 4.53. The molecule has 1 fully saturated rings. The number of aliphatic hydroxyl groups is 1. The predicted octanol–water partition coefficient (Wildman–Crippen LogP) is 4.40. The fourth-order valence-electron chi connectivity index (χ4n) is 3.66. The van der Waals surface area contributed by atoms with E-state index in [1.807, 2.05) is 36.3 Å². The molecule has 3 heterocycles. The molecule has 0 atom stereocenters. The SMILES string of the molecule is CCOc1nc(Nc2cnn(C3CCC(O)CC3)c2C)nc2c1ccn2SI. The second-order valence-electron chi connectivity index (χ2n) is 6.91. The van der Waals surface area contributed by atoms with Crippen molar-refractivity contribution in [1.29, 1.82) is 0 Å². The largest absolute Gasteiger partial charge is 0.477 e. The van der Waals surface area contributed by atoms with E-state index in [1.54, 1.807) is 9.12 Å². The number of aromatic nitrogens is 5. The average molecular weight is 514 g/mol. The summed E-state index contributed by atoms with van der Waals surface area (Å²) in [5, 5.41) is 18.5. The van der Waals surface area contributed by atoms with Crippen molar-refractivity contribution in [3.63, 3.8) is 0 Å². The Hall–Kier alpha value is -1.53. The molecule has 0 radical (unpaired) electrons. The van der Waals surface area contributed by atoms with Crippen molar-refractivity contribution >= 4 is 53.0 Å². The molecule has 4 rings (SSSR count). The number of anilines is 2. The van der Waals surface area contributed by atoms with Crippen molar-refractivity contribution in [2.45, 2.75) is 51.7 Å². The van der Waals surface area contributed by atoms with Crippen LogP contribution in [0.1, 0.15) is 44.3 Å². The highest BCUT2D eigenvalue weighted by molar-refractivity contribution is 14.2. The van der Waals surface area contributed by atoms with Crippen LogP contribution in [0.2, 0.25) is 0 Å². The third-order valence-corrected chi connectivity index (χ3v) is 6.85. The molecule has 0 unspecified atom stereocenters. The van der Waals surface area contributed by atoms with Gasteiger partial charge in [0.2, 0.25) is 11.8 Å². The first kappa shape index (κ1) is 19.8. The molecule has 2 N–H and O–H groups in total. The Kier molecular flexibility index (Phi) is 5.97. The Morgan fingerprint density at radius 3 is 2.82 bits per heavy atom. The molecule has 1 aliphatic rings. The maximum absolute atomic E-state index is 9.75. The zero-order chi connectivity index (χ0) is 19.7. The van der Waals surface area contributed by atoms with Crippen LogP contribution in [-0.4, -0.2) is 41.5 Å². The van der Waals surface area contributed by atoms with Gasteiger partial charge < -0.3 is 15.2 Å². The van der Waals surface area contributed by atoms with Gasteiger partial charge in [-0.3, -0.25) is 8.65 Å². The van der Waals surface area contributed by atoms with Crippen molar-refractivity contribution < 1.29 is 9.84 Å². The molecule has 0 bridgehead atoms. The zero-order valence-electron chi connectivity index (χ0n) is 15.8. The molecule has 0 aromatic carbocycles. The zero-order valence-corrected chi connectivity index (χ0v) is 18.8. The summed E-state index contributed by atoms with van der Waals surface area (Å²) in [7, 11) is 1.55. The average Bonchev–Trinajstić information content (AvgIpc) is 3.27. The van der Waals surface area contributed by atoms with Gasteiger partial charge in [-0.1, -0.05) is 0 Å². The monoisotopic (exact) mass is 514 g/mol. The van der Waals surface area contributed by atoms with E-state index in [4.69, 9.17) is 4.74 Å². The van der Waals surface area contributed by atoms with Gasteiger partial charge >= 0.3 is 0 Å². The lowest BCUT2D eigenvalue weighted by atomic mass is 9.93. The van der Waals surface area contributed by atoms with Crippen molar-refractivity contribution in [3.05, 3.63) is 24.2 Å². The minimum Gasteiger partial charge on any atom is -0.477 e. The summed E-state index contributed by atoms with van der Waals surface area (Å²) in [5.74, 6) is 1.06. The highest BCUT2D eigenvalue weighted by atomic mass is 127. The molecular formula is C18H23IN6O2S.